The molecule has 1 aromatic carbocycles. The van der Waals surface area contributed by atoms with Crippen molar-refractivity contribution < 1.29 is 9.13 Å². The predicted octanol–water partition coefficient (Wildman–Crippen LogP) is 1.61. The van der Waals surface area contributed by atoms with E-state index in [1.807, 2.05) is 0 Å². The van der Waals surface area contributed by atoms with Gasteiger partial charge in [-0.2, -0.15) is 0 Å². The fraction of sp³-hybridized carbons (Fsp3) is 0.182. The summed E-state index contributed by atoms with van der Waals surface area (Å²) in [5.74, 6) is 0.466. The normalized spacial score (nSPS) is 10.1. The molecular weight excluding hydrogens is 209 g/mol. The van der Waals surface area contributed by atoms with Crippen molar-refractivity contribution in [3.63, 3.8) is 0 Å². The van der Waals surface area contributed by atoms with Gasteiger partial charge in [-0.1, -0.05) is 6.07 Å². The van der Waals surface area contributed by atoms with Crippen molar-refractivity contribution in [1.82, 2.24) is 15.0 Å². The second-order valence-corrected chi connectivity index (χ2v) is 3.20. The molecule has 0 aliphatic carbocycles. The summed E-state index contributed by atoms with van der Waals surface area (Å²) < 4.78 is 18.2. The Morgan fingerprint density at radius 2 is 2.00 bits per heavy atom. The number of aromatic nitrogens is 3. The summed E-state index contributed by atoms with van der Waals surface area (Å²) in [7, 11) is 1.43. The highest BCUT2D eigenvalue weighted by atomic mass is 19.1. The Balaban J connectivity index is 2.20. The maximum absolute atomic E-state index is 13.4. The number of ether oxygens (including phenoxy) is 1. The summed E-state index contributed by atoms with van der Waals surface area (Å²) in [6, 6.07) is 4.79. The molecule has 0 radical (unpaired) electrons. The van der Waals surface area contributed by atoms with E-state index in [9.17, 15) is 4.39 Å². The first-order valence-corrected chi connectivity index (χ1v) is 4.73. The van der Waals surface area contributed by atoms with Gasteiger partial charge in [0.1, 0.15) is 18.5 Å². The first-order valence-electron chi connectivity index (χ1n) is 4.73. The molecule has 16 heavy (non-hydrogen) atoms. The predicted molar refractivity (Wildman–Crippen MR) is 55.6 cm³/mol. The molecule has 2 aromatic rings. The lowest BCUT2D eigenvalue weighted by Crippen LogP contribution is -1.97. The molecule has 0 saturated carbocycles. The molecule has 0 aliphatic heterocycles. The van der Waals surface area contributed by atoms with Gasteiger partial charge in [0.25, 0.3) is 0 Å². The summed E-state index contributed by atoms with van der Waals surface area (Å²) in [4.78, 5) is 11.7. The molecule has 0 amide bonds. The Morgan fingerprint density at radius 1 is 1.25 bits per heavy atom. The number of nitrogens with zero attached hydrogens (tertiary/aromatic N) is 3. The van der Waals surface area contributed by atoms with Crippen LogP contribution in [0, 0.1) is 5.82 Å². The molecule has 0 aliphatic rings. The van der Waals surface area contributed by atoms with Crippen LogP contribution in [0.3, 0.4) is 0 Å². The number of hydrogen-bond donors (Lipinski definition) is 0. The van der Waals surface area contributed by atoms with Gasteiger partial charge in [0, 0.05) is 6.42 Å². The molecule has 0 unspecified atom stereocenters. The Morgan fingerprint density at radius 3 is 2.62 bits per heavy atom. The molecule has 0 spiro atoms. The molecule has 0 fully saturated rings. The average molecular weight is 219 g/mol. The van der Waals surface area contributed by atoms with Crippen molar-refractivity contribution in [2.75, 3.05) is 7.11 Å². The third-order valence-corrected chi connectivity index (χ3v) is 2.13. The zero-order valence-corrected chi connectivity index (χ0v) is 8.72. The molecule has 4 nitrogen and oxygen atoms in total. The van der Waals surface area contributed by atoms with Crippen molar-refractivity contribution in [2.45, 2.75) is 6.42 Å². The minimum Gasteiger partial charge on any atom is -0.494 e. The molecule has 0 N–H and O–H groups in total. The van der Waals surface area contributed by atoms with Crippen molar-refractivity contribution >= 4 is 0 Å². The van der Waals surface area contributed by atoms with E-state index in [1.165, 1.54) is 25.8 Å². The molecule has 0 atom stereocenters. The van der Waals surface area contributed by atoms with E-state index in [0.29, 0.717) is 12.2 Å². The van der Waals surface area contributed by atoms with Crippen molar-refractivity contribution in [2.24, 2.45) is 0 Å². The fourth-order valence-electron chi connectivity index (χ4n) is 1.36. The molecule has 1 aromatic heterocycles. The highest BCUT2D eigenvalue weighted by Gasteiger charge is 2.05. The average Bonchev–Trinajstić information content (AvgIpc) is 2.31. The summed E-state index contributed by atoms with van der Waals surface area (Å²) in [5.41, 5.74) is 0.796. The van der Waals surface area contributed by atoms with Gasteiger partial charge in [-0.05, 0) is 17.7 Å². The summed E-state index contributed by atoms with van der Waals surface area (Å²) in [6.45, 7) is 0. The molecule has 2 rings (SSSR count). The number of benzene rings is 1. The van der Waals surface area contributed by atoms with E-state index >= 15 is 0 Å². The van der Waals surface area contributed by atoms with Crippen LogP contribution >= 0.6 is 0 Å². The fourth-order valence-corrected chi connectivity index (χ4v) is 1.36. The Bertz CT molecular complexity index is 476. The highest BCUT2D eigenvalue weighted by Crippen LogP contribution is 2.18. The Kier molecular flexibility index (Phi) is 3.05. The van der Waals surface area contributed by atoms with E-state index in [-0.39, 0.29) is 11.6 Å². The molecule has 1 heterocycles. The van der Waals surface area contributed by atoms with Crippen molar-refractivity contribution in [3.8, 4) is 5.75 Å². The van der Waals surface area contributed by atoms with Gasteiger partial charge in [-0.25, -0.2) is 19.3 Å². The summed E-state index contributed by atoms with van der Waals surface area (Å²) >= 11 is 0. The minimum atomic E-state index is -0.381. The first-order chi connectivity index (χ1) is 7.79. The van der Waals surface area contributed by atoms with Gasteiger partial charge in [0.15, 0.2) is 11.6 Å². The highest BCUT2D eigenvalue weighted by molar-refractivity contribution is 5.30. The van der Waals surface area contributed by atoms with Gasteiger partial charge >= 0.3 is 0 Å². The molecular formula is C11H10FN3O. The zero-order chi connectivity index (χ0) is 11.4. The third-order valence-electron chi connectivity index (χ3n) is 2.13. The van der Waals surface area contributed by atoms with E-state index in [2.05, 4.69) is 15.0 Å². The lowest BCUT2D eigenvalue weighted by Gasteiger charge is -2.04. The van der Waals surface area contributed by atoms with E-state index in [0.717, 1.165) is 5.56 Å². The van der Waals surface area contributed by atoms with Crippen molar-refractivity contribution in [3.05, 3.63) is 48.1 Å². The Labute approximate surface area is 92.2 Å². The third kappa shape index (κ3) is 2.31. The van der Waals surface area contributed by atoms with Crippen LogP contribution in [0.2, 0.25) is 0 Å². The second kappa shape index (κ2) is 4.65. The minimum absolute atomic E-state index is 0.236. The Hall–Kier alpha value is -2.04. The summed E-state index contributed by atoms with van der Waals surface area (Å²) in [6.07, 6.45) is 3.31. The molecule has 0 saturated heterocycles. The quantitative estimate of drug-likeness (QED) is 0.786. The standard InChI is InChI=1S/C11H10FN3O/c1-16-10-3-2-8(4-9(10)12)5-11-14-6-13-7-15-11/h2-4,6-7H,5H2,1H3. The maximum atomic E-state index is 13.4. The number of rotatable bonds is 3. The topological polar surface area (TPSA) is 47.9 Å². The van der Waals surface area contributed by atoms with E-state index in [4.69, 9.17) is 4.74 Å². The van der Waals surface area contributed by atoms with Gasteiger partial charge in [0.2, 0.25) is 0 Å². The van der Waals surface area contributed by atoms with Crippen LogP contribution < -0.4 is 4.74 Å². The second-order valence-electron chi connectivity index (χ2n) is 3.20. The van der Waals surface area contributed by atoms with Crippen LogP contribution in [0.5, 0.6) is 5.75 Å². The first kappa shape index (κ1) is 10.5. The van der Waals surface area contributed by atoms with Crippen LogP contribution in [0.1, 0.15) is 11.4 Å². The number of hydrogen-bond acceptors (Lipinski definition) is 4. The number of halogens is 1. The van der Waals surface area contributed by atoms with Crippen LogP contribution in [0.15, 0.2) is 30.9 Å². The largest absolute Gasteiger partial charge is 0.494 e. The van der Waals surface area contributed by atoms with Crippen LogP contribution in [-0.4, -0.2) is 22.1 Å². The lowest BCUT2D eigenvalue weighted by molar-refractivity contribution is 0.386. The SMILES string of the molecule is COc1ccc(Cc2ncncn2)cc1F. The summed E-state index contributed by atoms with van der Waals surface area (Å²) in [5, 5.41) is 0. The van der Waals surface area contributed by atoms with Crippen LogP contribution in [0.25, 0.3) is 0 Å². The smallest absolute Gasteiger partial charge is 0.165 e. The lowest BCUT2D eigenvalue weighted by atomic mass is 10.1. The van der Waals surface area contributed by atoms with E-state index < -0.39 is 0 Å². The molecule has 82 valence electrons. The molecule has 5 heteroatoms. The van der Waals surface area contributed by atoms with Gasteiger partial charge in [-0.3, -0.25) is 0 Å². The van der Waals surface area contributed by atoms with Crippen molar-refractivity contribution in [1.29, 1.82) is 0 Å². The van der Waals surface area contributed by atoms with Gasteiger partial charge < -0.3 is 4.74 Å². The monoisotopic (exact) mass is 219 g/mol. The number of methoxy groups -OCH3 is 1. The maximum Gasteiger partial charge on any atom is 0.165 e. The van der Waals surface area contributed by atoms with Gasteiger partial charge in [0.05, 0.1) is 7.11 Å². The van der Waals surface area contributed by atoms with Gasteiger partial charge in [-0.15, -0.1) is 0 Å². The zero-order valence-electron chi connectivity index (χ0n) is 8.72. The van der Waals surface area contributed by atoms with Crippen LogP contribution in [0.4, 0.5) is 4.39 Å². The molecule has 0 bridgehead atoms. The van der Waals surface area contributed by atoms with E-state index in [1.54, 1.807) is 12.1 Å². The van der Waals surface area contributed by atoms with Crippen LogP contribution in [-0.2, 0) is 6.42 Å².